The number of nitrogens with zero attached hydrogens (tertiary/aromatic N) is 2. The number of methoxy groups -OCH3 is 1. The molecular formula is C20H19FN4O3S. The van der Waals surface area contributed by atoms with Crippen molar-refractivity contribution in [3.8, 4) is 11.5 Å². The smallest absolute Gasteiger partial charge is 0.246 e. The molecule has 0 fully saturated rings. The number of halogens is 1. The van der Waals surface area contributed by atoms with Crippen LogP contribution in [0, 0.1) is 5.82 Å². The van der Waals surface area contributed by atoms with Crippen LogP contribution < -0.4 is 20.6 Å². The fraction of sp³-hybridized carbons (Fsp3) is 0.150. The van der Waals surface area contributed by atoms with Crippen LogP contribution in [0.5, 0.6) is 11.5 Å². The second kappa shape index (κ2) is 9.65. The first-order valence-electron chi connectivity index (χ1n) is 8.61. The van der Waals surface area contributed by atoms with Crippen molar-refractivity contribution in [3.05, 3.63) is 70.5 Å². The van der Waals surface area contributed by atoms with Gasteiger partial charge < -0.3 is 15.2 Å². The summed E-state index contributed by atoms with van der Waals surface area (Å²) in [7, 11) is 1.51. The number of aromatic nitrogens is 1. The van der Waals surface area contributed by atoms with Gasteiger partial charge >= 0.3 is 0 Å². The number of amides is 1. The Bertz CT molecular complexity index is 1020. The summed E-state index contributed by atoms with van der Waals surface area (Å²) >= 11 is 1.28. The van der Waals surface area contributed by atoms with Crippen LogP contribution in [-0.2, 0) is 17.8 Å². The van der Waals surface area contributed by atoms with Crippen molar-refractivity contribution < 1.29 is 18.7 Å². The minimum Gasteiger partial charge on any atom is -0.493 e. The highest BCUT2D eigenvalue weighted by Crippen LogP contribution is 2.28. The van der Waals surface area contributed by atoms with Crippen molar-refractivity contribution in [1.29, 1.82) is 0 Å². The molecule has 0 aliphatic heterocycles. The number of hydrazone groups is 1. The predicted octanol–water partition coefficient (Wildman–Crippen LogP) is 3.14. The zero-order valence-corrected chi connectivity index (χ0v) is 16.4. The van der Waals surface area contributed by atoms with Crippen molar-refractivity contribution >= 4 is 28.6 Å². The van der Waals surface area contributed by atoms with Gasteiger partial charge in [0.15, 0.2) is 16.6 Å². The Morgan fingerprint density at radius 1 is 1.31 bits per heavy atom. The number of nitrogen functional groups attached to an aromatic ring is 1. The summed E-state index contributed by atoms with van der Waals surface area (Å²) in [5.74, 6) is 0.308. The molecule has 0 radical (unpaired) electrons. The number of ether oxygens (including phenoxy) is 2. The molecule has 150 valence electrons. The molecule has 0 atom stereocenters. The molecule has 3 N–H and O–H groups in total. The van der Waals surface area contributed by atoms with Gasteiger partial charge in [-0.05, 0) is 29.8 Å². The highest BCUT2D eigenvalue weighted by atomic mass is 32.1. The molecule has 0 aliphatic rings. The molecule has 0 saturated heterocycles. The molecule has 1 aromatic heterocycles. The molecule has 1 amide bonds. The van der Waals surface area contributed by atoms with Crippen LogP contribution >= 0.6 is 11.3 Å². The first kappa shape index (κ1) is 20.3. The Labute approximate surface area is 171 Å². The number of carbonyl (C=O) groups is 1. The van der Waals surface area contributed by atoms with Gasteiger partial charge in [0.05, 0.1) is 25.4 Å². The topological polar surface area (TPSA) is 98.8 Å². The first-order chi connectivity index (χ1) is 14.0. The van der Waals surface area contributed by atoms with E-state index in [-0.39, 0.29) is 24.8 Å². The van der Waals surface area contributed by atoms with Crippen molar-refractivity contribution in [2.75, 3.05) is 12.8 Å². The van der Waals surface area contributed by atoms with E-state index >= 15 is 0 Å². The van der Waals surface area contributed by atoms with Crippen LogP contribution in [0.25, 0.3) is 0 Å². The average Bonchev–Trinajstić information content (AvgIpc) is 3.12. The van der Waals surface area contributed by atoms with Crippen molar-refractivity contribution in [2.45, 2.75) is 13.0 Å². The normalized spacial score (nSPS) is 10.8. The summed E-state index contributed by atoms with van der Waals surface area (Å²) in [4.78, 5) is 15.9. The van der Waals surface area contributed by atoms with Gasteiger partial charge in [-0.2, -0.15) is 5.10 Å². The van der Waals surface area contributed by atoms with Gasteiger partial charge in [0.1, 0.15) is 12.4 Å². The molecule has 0 saturated carbocycles. The molecule has 0 unspecified atom stereocenters. The lowest BCUT2D eigenvalue weighted by atomic mass is 10.2. The Morgan fingerprint density at radius 2 is 2.14 bits per heavy atom. The van der Waals surface area contributed by atoms with Crippen molar-refractivity contribution in [1.82, 2.24) is 10.4 Å². The second-order valence-electron chi connectivity index (χ2n) is 5.94. The first-order valence-corrected chi connectivity index (χ1v) is 9.49. The maximum absolute atomic E-state index is 13.7. The standard InChI is InChI=1S/C20H19FN4O3S/c1-27-18-8-13(10-23-25-19(26)9-15-12-29-20(22)24-15)6-7-17(18)28-11-14-4-2-3-5-16(14)21/h2-8,10,12H,9,11H2,1H3,(H2,22,24)(H,25,26)/b23-10+. The Balaban J connectivity index is 1.58. The maximum Gasteiger partial charge on any atom is 0.246 e. The summed E-state index contributed by atoms with van der Waals surface area (Å²) in [6.07, 6.45) is 1.58. The quantitative estimate of drug-likeness (QED) is 0.436. The van der Waals surface area contributed by atoms with E-state index in [0.29, 0.717) is 33.5 Å². The van der Waals surface area contributed by atoms with Crippen LogP contribution in [0.4, 0.5) is 9.52 Å². The van der Waals surface area contributed by atoms with E-state index < -0.39 is 0 Å². The van der Waals surface area contributed by atoms with Crippen LogP contribution in [0.15, 0.2) is 52.9 Å². The minimum atomic E-state index is -0.328. The van der Waals surface area contributed by atoms with Gasteiger partial charge in [0, 0.05) is 10.9 Å². The van der Waals surface area contributed by atoms with Crippen LogP contribution in [-0.4, -0.2) is 24.2 Å². The number of thiazole rings is 1. The SMILES string of the molecule is COc1cc(/C=N/NC(=O)Cc2csc(N)n2)ccc1OCc1ccccc1F. The zero-order valence-electron chi connectivity index (χ0n) is 15.6. The third-order valence-electron chi connectivity index (χ3n) is 3.84. The van der Waals surface area contributed by atoms with Crippen molar-refractivity contribution in [2.24, 2.45) is 5.10 Å². The number of benzene rings is 2. The van der Waals surface area contributed by atoms with E-state index in [0.717, 1.165) is 0 Å². The Morgan fingerprint density at radius 3 is 2.86 bits per heavy atom. The molecule has 3 aromatic rings. The molecular weight excluding hydrogens is 395 g/mol. The number of anilines is 1. The van der Waals surface area contributed by atoms with Crippen LogP contribution in [0.2, 0.25) is 0 Å². The largest absolute Gasteiger partial charge is 0.493 e. The fourth-order valence-electron chi connectivity index (χ4n) is 2.44. The molecule has 1 heterocycles. The molecule has 3 rings (SSSR count). The summed E-state index contributed by atoms with van der Waals surface area (Å²) in [5, 5.41) is 6.07. The van der Waals surface area contributed by atoms with E-state index in [2.05, 4.69) is 15.5 Å². The van der Waals surface area contributed by atoms with Gasteiger partial charge in [-0.3, -0.25) is 4.79 Å². The lowest BCUT2D eigenvalue weighted by Crippen LogP contribution is -2.19. The summed E-state index contributed by atoms with van der Waals surface area (Å²) in [5.41, 5.74) is 9.71. The van der Waals surface area contributed by atoms with Crippen molar-refractivity contribution in [3.63, 3.8) is 0 Å². The summed E-state index contributed by atoms with van der Waals surface area (Å²) in [6.45, 7) is 0.0770. The molecule has 29 heavy (non-hydrogen) atoms. The van der Waals surface area contributed by atoms with Gasteiger partial charge in [-0.25, -0.2) is 14.8 Å². The van der Waals surface area contributed by atoms with Gasteiger partial charge in [-0.15, -0.1) is 11.3 Å². The zero-order chi connectivity index (χ0) is 20.6. The van der Waals surface area contributed by atoms with Crippen LogP contribution in [0.3, 0.4) is 0 Å². The van der Waals surface area contributed by atoms with Gasteiger partial charge in [0.2, 0.25) is 5.91 Å². The summed E-state index contributed by atoms with van der Waals surface area (Å²) in [6, 6.07) is 11.6. The van der Waals surface area contributed by atoms with E-state index in [1.807, 2.05) is 0 Å². The Kier molecular flexibility index (Phi) is 6.75. The van der Waals surface area contributed by atoms with E-state index in [9.17, 15) is 9.18 Å². The van der Waals surface area contributed by atoms with Crippen LogP contribution in [0.1, 0.15) is 16.8 Å². The molecule has 0 bridgehead atoms. The molecule has 9 heteroatoms. The lowest BCUT2D eigenvalue weighted by Gasteiger charge is -2.11. The number of hydrogen-bond acceptors (Lipinski definition) is 7. The van der Waals surface area contributed by atoms with Gasteiger partial charge in [0.25, 0.3) is 0 Å². The number of carbonyl (C=O) groups excluding carboxylic acids is 1. The number of nitrogens with two attached hydrogens (primary N) is 1. The molecule has 0 aliphatic carbocycles. The highest BCUT2D eigenvalue weighted by molar-refractivity contribution is 7.13. The third kappa shape index (κ3) is 5.76. The highest BCUT2D eigenvalue weighted by Gasteiger charge is 2.08. The maximum atomic E-state index is 13.7. The molecule has 7 nitrogen and oxygen atoms in total. The Hall–Kier alpha value is -3.46. The van der Waals surface area contributed by atoms with E-state index in [1.54, 1.807) is 41.8 Å². The number of nitrogens with one attached hydrogen (secondary N) is 1. The second-order valence-corrected chi connectivity index (χ2v) is 6.83. The average molecular weight is 414 g/mol. The van der Waals surface area contributed by atoms with Gasteiger partial charge in [-0.1, -0.05) is 18.2 Å². The molecule has 2 aromatic carbocycles. The fourth-order valence-corrected chi connectivity index (χ4v) is 3.00. The monoisotopic (exact) mass is 414 g/mol. The minimum absolute atomic E-state index is 0.0770. The number of hydrogen-bond donors (Lipinski definition) is 2. The molecule has 0 spiro atoms. The summed E-state index contributed by atoms with van der Waals surface area (Å²) < 4.78 is 24.7. The number of rotatable bonds is 8. The predicted molar refractivity (Wildman–Crippen MR) is 110 cm³/mol. The lowest BCUT2D eigenvalue weighted by molar-refractivity contribution is -0.120. The van der Waals surface area contributed by atoms with E-state index in [4.69, 9.17) is 15.2 Å². The van der Waals surface area contributed by atoms with E-state index in [1.165, 1.54) is 30.7 Å². The third-order valence-corrected chi connectivity index (χ3v) is 4.57.